The number of rotatable bonds is 4. The Kier molecular flexibility index (Phi) is 3.84. The van der Waals surface area contributed by atoms with Crippen molar-refractivity contribution < 1.29 is 9.50 Å². The first-order valence-electron chi connectivity index (χ1n) is 5.71. The number of benzene rings is 1. The van der Waals surface area contributed by atoms with E-state index in [1.54, 1.807) is 6.92 Å². The highest BCUT2D eigenvalue weighted by molar-refractivity contribution is 7.08. The summed E-state index contributed by atoms with van der Waals surface area (Å²) in [5, 5.41) is 25.6. The molecule has 0 radical (unpaired) electrons. The molecule has 0 aliphatic carbocycles. The second-order valence-electron chi connectivity index (χ2n) is 4.45. The fraction of sp³-hybridized carbons (Fsp3) is 0.214. The predicted molar refractivity (Wildman–Crippen MR) is 73.5 cm³/mol. The molecule has 0 spiro atoms. The molecule has 1 atom stereocenters. The molecule has 2 rings (SSSR count). The van der Waals surface area contributed by atoms with Crippen LogP contribution in [0.4, 0.5) is 10.1 Å². The van der Waals surface area contributed by atoms with Crippen LogP contribution < -0.4 is 5.32 Å². The lowest BCUT2D eigenvalue weighted by Crippen LogP contribution is -2.30. The van der Waals surface area contributed by atoms with Crippen molar-refractivity contribution in [3.63, 3.8) is 0 Å². The third kappa shape index (κ3) is 3.11. The number of anilines is 1. The zero-order valence-electron chi connectivity index (χ0n) is 10.4. The largest absolute Gasteiger partial charge is 0.384 e. The van der Waals surface area contributed by atoms with Gasteiger partial charge in [0.2, 0.25) is 0 Å². The molecule has 98 valence electrons. The van der Waals surface area contributed by atoms with Crippen LogP contribution >= 0.6 is 11.3 Å². The van der Waals surface area contributed by atoms with Gasteiger partial charge in [0, 0.05) is 6.54 Å². The van der Waals surface area contributed by atoms with Gasteiger partial charge in [0.05, 0.1) is 17.3 Å². The van der Waals surface area contributed by atoms with E-state index in [1.165, 1.54) is 29.5 Å². The maximum Gasteiger partial charge on any atom is 0.147 e. The molecule has 0 bridgehead atoms. The molecule has 0 aliphatic heterocycles. The van der Waals surface area contributed by atoms with Gasteiger partial charge in [-0.1, -0.05) is 0 Å². The van der Waals surface area contributed by atoms with Crippen LogP contribution in [0.3, 0.4) is 0 Å². The maximum atomic E-state index is 13.7. The number of hydrogen-bond acceptors (Lipinski definition) is 4. The summed E-state index contributed by atoms with van der Waals surface area (Å²) in [6, 6.07) is 7.91. The summed E-state index contributed by atoms with van der Waals surface area (Å²) in [7, 11) is 0. The van der Waals surface area contributed by atoms with Crippen molar-refractivity contribution in [1.82, 2.24) is 0 Å². The summed E-state index contributed by atoms with van der Waals surface area (Å²) in [6.45, 7) is 1.86. The van der Waals surface area contributed by atoms with Crippen molar-refractivity contribution in [1.29, 1.82) is 5.26 Å². The van der Waals surface area contributed by atoms with Crippen LogP contribution in [0.15, 0.2) is 35.0 Å². The van der Waals surface area contributed by atoms with E-state index in [0.29, 0.717) is 0 Å². The SMILES string of the molecule is C[C@@](O)(CNc1ccc(C#N)cc1F)c1ccsc1. The van der Waals surface area contributed by atoms with E-state index in [4.69, 9.17) is 5.26 Å². The van der Waals surface area contributed by atoms with Crippen molar-refractivity contribution in [3.8, 4) is 6.07 Å². The molecule has 0 fully saturated rings. The molecule has 1 aromatic heterocycles. The van der Waals surface area contributed by atoms with E-state index in [9.17, 15) is 9.50 Å². The average Bonchev–Trinajstić information content (AvgIpc) is 2.92. The Hall–Kier alpha value is -1.90. The van der Waals surface area contributed by atoms with E-state index in [0.717, 1.165) is 5.56 Å². The standard InChI is InChI=1S/C14H13FN2OS/c1-14(18,11-4-5-19-8-11)9-17-13-3-2-10(7-16)6-12(13)15/h2-6,8,17-18H,9H2,1H3/t14-/m1/s1. The average molecular weight is 276 g/mol. The number of thiophene rings is 1. The highest BCUT2D eigenvalue weighted by atomic mass is 32.1. The molecule has 19 heavy (non-hydrogen) atoms. The summed E-state index contributed by atoms with van der Waals surface area (Å²) in [5.41, 5.74) is 0.265. The molecule has 0 aliphatic rings. The normalized spacial score (nSPS) is 13.6. The van der Waals surface area contributed by atoms with Gasteiger partial charge >= 0.3 is 0 Å². The quantitative estimate of drug-likeness (QED) is 0.902. The van der Waals surface area contributed by atoms with E-state index in [-0.39, 0.29) is 17.8 Å². The van der Waals surface area contributed by atoms with Crippen molar-refractivity contribution in [2.24, 2.45) is 0 Å². The molecule has 0 saturated carbocycles. The summed E-state index contributed by atoms with van der Waals surface area (Å²) in [4.78, 5) is 0. The zero-order valence-corrected chi connectivity index (χ0v) is 11.2. The van der Waals surface area contributed by atoms with Gasteiger partial charge < -0.3 is 10.4 Å². The van der Waals surface area contributed by atoms with E-state index in [2.05, 4.69) is 5.32 Å². The number of nitrogens with one attached hydrogen (secondary N) is 1. The lowest BCUT2D eigenvalue weighted by Gasteiger charge is -2.23. The lowest BCUT2D eigenvalue weighted by atomic mass is 9.99. The molecule has 5 heteroatoms. The predicted octanol–water partition coefficient (Wildman–Crippen LogP) is 3.08. The van der Waals surface area contributed by atoms with Crippen LogP contribution in [0.1, 0.15) is 18.1 Å². The number of aliphatic hydroxyl groups is 1. The number of hydrogen-bond donors (Lipinski definition) is 2. The summed E-state index contributed by atoms with van der Waals surface area (Å²) in [6.07, 6.45) is 0. The van der Waals surface area contributed by atoms with Gasteiger partial charge in [-0.2, -0.15) is 16.6 Å². The van der Waals surface area contributed by atoms with Gasteiger partial charge in [0.15, 0.2) is 0 Å². The molecule has 2 aromatic rings. The van der Waals surface area contributed by atoms with Gasteiger partial charge in [-0.3, -0.25) is 0 Å². The monoisotopic (exact) mass is 276 g/mol. The van der Waals surface area contributed by atoms with E-state index >= 15 is 0 Å². The molecule has 1 aromatic carbocycles. The fourth-order valence-corrected chi connectivity index (χ4v) is 2.45. The number of halogens is 1. The Morgan fingerprint density at radius 1 is 1.47 bits per heavy atom. The van der Waals surface area contributed by atoms with Crippen LogP contribution in [0.2, 0.25) is 0 Å². The minimum atomic E-state index is -1.07. The van der Waals surface area contributed by atoms with Crippen LogP contribution in [0.5, 0.6) is 0 Å². The van der Waals surface area contributed by atoms with Crippen molar-refractivity contribution in [2.45, 2.75) is 12.5 Å². The Morgan fingerprint density at radius 3 is 2.84 bits per heavy atom. The Bertz CT molecular complexity index is 602. The molecule has 1 heterocycles. The first-order valence-corrected chi connectivity index (χ1v) is 6.66. The third-order valence-electron chi connectivity index (χ3n) is 2.86. The smallest absolute Gasteiger partial charge is 0.147 e. The van der Waals surface area contributed by atoms with E-state index in [1.807, 2.05) is 22.9 Å². The molecule has 0 amide bonds. The summed E-state index contributed by atoms with van der Waals surface area (Å²) >= 11 is 1.50. The maximum absolute atomic E-state index is 13.7. The number of nitriles is 1. The molecule has 0 saturated heterocycles. The van der Waals surface area contributed by atoms with Crippen LogP contribution in [-0.2, 0) is 5.60 Å². The summed E-state index contributed by atoms with van der Waals surface area (Å²) < 4.78 is 13.7. The van der Waals surface area contributed by atoms with Crippen molar-refractivity contribution >= 4 is 17.0 Å². The number of nitrogens with zero attached hydrogens (tertiary/aromatic N) is 1. The van der Waals surface area contributed by atoms with Crippen molar-refractivity contribution in [3.05, 3.63) is 52.0 Å². The first-order chi connectivity index (χ1) is 9.03. The molecule has 3 nitrogen and oxygen atoms in total. The second-order valence-corrected chi connectivity index (χ2v) is 5.23. The van der Waals surface area contributed by atoms with Crippen LogP contribution in [-0.4, -0.2) is 11.7 Å². The second kappa shape index (κ2) is 5.39. The first kappa shape index (κ1) is 13.5. The minimum Gasteiger partial charge on any atom is -0.384 e. The van der Waals surface area contributed by atoms with Gasteiger partial charge in [-0.05, 0) is 47.5 Å². The molecule has 2 N–H and O–H groups in total. The van der Waals surface area contributed by atoms with Gasteiger partial charge in [0.1, 0.15) is 11.4 Å². The van der Waals surface area contributed by atoms with Gasteiger partial charge in [-0.15, -0.1) is 0 Å². The van der Waals surface area contributed by atoms with E-state index < -0.39 is 11.4 Å². The van der Waals surface area contributed by atoms with Crippen LogP contribution in [0, 0.1) is 17.1 Å². The Labute approximate surface area is 114 Å². The molecular formula is C14H13FN2OS. The Morgan fingerprint density at radius 2 is 2.26 bits per heavy atom. The molecular weight excluding hydrogens is 263 g/mol. The highest BCUT2D eigenvalue weighted by Crippen LogP contribution is 2.24. The van der Waals surface area contributed by atoms with Gasteiger partial charge in [0.25, 0.3) is 0 Å². The minimum absolute atomic E-state index is 0.187. The van der Waals surface area contributed by atoms with Crippen molar-refractivity contribution in [2.75, 3.05) is 11.9 Å². The lowest BCUT2D eigenvalue weighted by molar-refractivity contribution is 0.0719. The fourth-order valence-electron chi connectivity index (χ4n) is 1.67. The Balaban J connectivity index is 2.09. The zero-order chi connectivity index (χ0) is 13.9. The summed E-state index contributed by atoms with van der Waals surface area (Å²) in [5.74, 6) is -0.500. The third-order valence-corrected chi connectivity index (χ3v) is 3.55. The van der Waals surface area contributed by atoms with Crippen LogP contribution in [0.25, 0.3) is 0 Å². The van der Waals surface area contributed by atoms with Gasteiger partial charge in [-0.25, -0.2) is 4.39 Å². The molecule has 0 unspecified atom stereocenters. The highest BCUT2D eigenvalue weighted by Gasteiger charge is 2.23. The topological polar surface area (TPSA) is 56.0 Å².